The van der Waals surface area contributed by atoms with Gasteiger partial charge in [0.2, 0.25) is 0 Å². The van der Waals surface area contributed by atoms with Crippen LogP contribution in [0.1, 0.15) is 21.6 Å². The molecule has 3 rings (SSSR count). The molecule has 2 N–H and O–H groups in total. The number of aryl methyl sites for hydroxylation is 1. The minimum atomic E-state index is -0.919. The Hall–Kier alpha value is -3.28. The minimum Gasteiger partial charge on any atom is -0.481 e. The molecule has 0 aliphatic rings. The first-order valence-electron chi connectivity index (χ1n) is 7.61. The number of halogens is 1. The van der Waals surface area contributed by atoms with E-state index in [2.05, 4.69) is 10.3 Å². The number of pyridine rings is 1. The van der Waals surface area contributed by atoms with Crippen LogP contribution in [-0.4, -0.2) is 22.0 Å². The lowest BCUT2D eigenvalue weighted by Crippen LogP contribution is -2.13. The van der Waals surface area contributed by atoms with E-state index in [4.69, 9.17) is 5.11 Å². The van der Waals surface area contributed by atoms with Gasteiger partial charge >= 0.3 is 5.97 Å². The zero-order chi connectivity index (χ0) is 18.0. The number of hydrogen-bond donors (Lipinski definition) is 2. The summed E-state index contributed by atoms with van der Waals surface area (Å²) in [7, 11) is 0. The molecule has 1 heterocycles. The number of nitrogens with zero attached hydrogens (tertiary/aromatic N) is 1. The molecule has 0 fully saturated rings. The number of aliphatic carboxylic acids is 1. The second-order valence-electron chi connectivity index (χ2n) is 5.69. The summed E-state index contributed by atoms with van der Waals surface area (Å²) >= 11 is 0. The van der Waals surface area contributed by atoms with Gasteiger partial charge < -0.3 is 10.4 Å². The second-order valence-corrected chi connectivity index (χ2v) is 5.69. The van der Waals surface area contributed by atoms with Crippen LogP contribution in [0.3, 0.4) is 0 Å². The van der Waals surface area contributed by atoms with Gasteiger partial charge in [0.1, 0.15) is 5.82 Å². The minimum absolute atomic E-state index is 0.0817. The third-order valence-corrected chi connectivity index (χ3v) is 3.71. The van der Waals surface area contributed by atoms with Crippen LogP contribution in [0.15, 0.2) is 48.5 Å². The molecule has 3 aromatic rings. The third kappa shape index (κ3) is 3.80. The van der Waals surface area contributed by atoms with Crippen molar-refractivity contribution < 1.29 is 19.1 Å². The molecule has 126 valence electrons. The standard InChI is InChI=1S/C19H15FN2O3/c1-11-8-16(15-10-13(20)4-7-17(15)21-11)19(25)22-14-5-2-12(3-6-14)9-18(23)24/h2-8,10H,9H2,1H3,(H,22,25)(H,23,24). The number of nitrogens with one attached hydrogen (secondary N) is 1. The maximum absolute atomic E-state index is 13.5. The van der Waals surface area contributed by atoms with Crippen molar-refractivity contribution in [2.24, 2.45) is 0 Å². The van der Waals surface area contributed by atoms with Crippen molar-refractivity contribution in [3.63, 3.8) is 0 Å². The number of carboxylic acids is 1. The molecule has 0 atom stereocenters. The lowest BCUT2D eigenvalue weighted by atomic mass is 10.1. The molecular weight excluding hydrogens is 323 g/mol. The molecule has 0 saturated heterocycles. The lowest BCUT2D eigenvalue weighted by Gasteiger charge is -2.10. The molecule has 2 aromatic carbocycles. The highest BCUT2D eigenvalue weighted by molar-refractivity contribution is 6.12. The highest BCUT2D eigenvalue weighted by Crippen LogP contribution is 2.21. The van der Waals surface area contributed by atoms with Crippen LogP contribution >= 0.6 is 0 Å². The number of carbonyl (C=O) groups excluding carboxylic acids is 1. The van der Waals surface area contributed by atoms with Crippen LogP contribution in [0.25, 0.3) is 10.9 Å². The Morgan fingerprint density at radius 1 is 1.12 bits per heavy atom. The molecule has 1 amide bonds. The average Bonchev–Trinajstić information content (AvgIpc) is 2.56. The summed E-state index contributed by atoms with van der Waals surface area (Å²) in [6.07, 6.45) is -0.0817. The number of amides is 1. The summed E-state index contributed by atoms with van der Waals surface area (Å²) in [6.45, 7) is 1.76. The summed E-state index contributed by atoms with van der Waals surface area (Å²) in [5, 5.41) is 11.9. The first-order valence-corrected chi connectivity index (χ1v) is 7.61. The molecule has 1 aromatic heterocycles. The second kappa shape index (κ2) is 6.68. The summed E-state index contributed by atoms with van der Waals surface area (Å²) in [4.78, 5) is 27.6. The summed E-state index contributed by atoms with van der Waals surface area (Å²) < 4.78 is 13.5. The number of anilines is 1. The van der Waals surface area contributed by atoms with Crippen LogP contribution in [0, 0.1) is 12.7 Å². The number of aromatic nitrogens is 1. The van der Waals surface area contributed by atoms with Gasteiger partial charge in [0.25, 0.3) is 5.91 Å². The van der Waals surface area contributed by atoms with E-state index in [1.807, 2.05) is 0 Å². The average molecular weight is 338 g/mol. The summed E-state index contributed by atoms with van der Waals surface area (Å²) in [6, 6.07) is 12.3. The van der Waals surface area contributed by atoms with Gasteiger partial charge in [0, 0.05) is 16.8 Å². The normalized spacial score (nSPS) is 10.6. The fourth-order valence-corrected chi connectivity index (χ4v) is 2.60. The van der Waals surface area contributed by atoms with Gasteiger partial charge in [-0.15, -0.1) is 0 Å². The Bertz CT molecular complexity index is 968. The van der Waals surface area contributed by atoms with Crippen LogP contribution in [-0.2, 0) is 11.2 Å². The van der Waals surface area contributed by atoms with E-state index in [1.165, 1.54) is 18.2 Å². The Balaban J connectivity index is 1.89. The molecule has 0 aliphatic heterocycles. The maximum Gasteiger partial charge on any atom is 0.307 e. The van der Waals surface area contributed by atoms with E-state index < -0.39 is 11.8 Å². The van der Waals surface area contributed by atoms with E-state index in [0.29, 0.717) is 33.4 Å². The molecule has 0 radical (unpaired) electrons. The molecule has 0 aliphatic carbocycles. The smallest absolute Gasteiger partial charge is 0.307 e. The molecule has 0 unspecified atom stereocenters. The van der Waals surface area contributed by atoms with Gasteiger partial charge in [-0.25, -0.2) is 4.39 Å². The van der Waals surface area contributed by atoms with Crippen LogP contribution < -0.4 is 5.32 Å². The SMILES string of the molecule is Cc1cc(C(=O)Nc2ccc(CC(=O)O)cc2)c2cc(F)ccc2n1. The molecule has 0 spiro atoms. The van der Waals surface area contributed by atoms with Crippen molar-refractivity contribution in [3.8, 4) is 0 Å². The summed E-state index contributed by atoms with van der Waals surface area (Å²) in [5.74, 6) is -1.74. The first kappa shape index (κ1) is 16.6. The van der Waals surface area contributed by atoms with Gasteiger partial charge in [-0.3, -0.25) is 14.6 Å². The van der Waals surface area contributed by atoms with Crippen molar-refractivity contribution in [2.75, 3.05) is 5.32 Å². The number of benzene rings is 2. The number of rotatable bonds is 4. The molecular formula is C19H15FN2O3. The molecule has 0 bridgehead atoms. The first-order chi connectivity index (χ1) is 11.9. The van der Waals surface area contributed by atoms with Gasteiger partial charge in [-0.2, -0.15) is 0 Å². The van der Waals surface area contributed by atoms with Crippen LogP contribution in [0.4, 0.5) is 10.1 Å². The monoisotopic (exact) mass is 338 g/mol. The largest absolute Gasteiger partial charge is 0.481 e. The van der Waals surface area contributed by atoms with Crippen LogP contribution in [0.5, 0.6) is 0 Å². The zero-order valence-corrected chi connectivity index (χ0v) is 13.4. The van der Waals surface area contributed by atoms with Crippen molar-refractivity contribution >= 4 is 28.5 Å². The Morgan fingerprint density at radius 3 is 2.52 bits per heavy atom. The van der Waals surface area contributed by atoms with Crippen molar-refractivity contribution in [3.05, 3.63) is 71.2 Å². The quantitative estimate of drug-likeness (QED) is 0.762. The number of fused-ring (bicyclic) bond motifs is 1. The van der Waals surface area contributed by atoms with E-state index >= 15 is 0 Å². The molecule has 6 heteroatoms. The van der Waals surface area contributed by atoms with Gasteiger partial charge in [0.15, 0.2) is 0 Å². The topological polar surface area (TPSA) is 79.3 Å². The Kier molecular flexibility index (Phi) is 4.43. The molecule has 25 heavy (non-hydrogen) atoms. The van der Waals surface area contributed by atoms with Gasteiger partial charge in [-0.1, -0.05) is 12.1 Å². The number of carbonyl (C=O) groups is 2. The van der Waals surface area contributed by atoms with Gasteiger partial charge in [-0.05, 0) is 48.9 Å². The fourth-order valence-electron chi connectivity index (χ4n) is 2.60. The number of hydrogen-bond acceptors (Lipinski definition) is 3. The number of carboxylic acid groups (broad SMARTS) is 1. The lowest BCUT2D eigenvalue weighted by molar-refractivity contribution is -0.136. The maximum atomic E-state index is 13.5. The molecule has 5 nitrogen and oxygen atoms in total. The van der Waals surface area contributed by atoms with Crippen molar-refractivity contribution in [2.45, 2.75) is 13.3 Å². The summed E-state index contributed by atoms with van der Waals surface area (Å²) in [5.41, 5.74) is 2.69. The van der Waals surface area contributed by atoms with Crippen molar-refractivity contribution in [1.82, 2.24) is 4.98 Å². The van der Waals surface area contributed by atoms with Crippen LogP contribution in [0.2, 0.25) is 0 Å². The zero-order valence-electron chi connectivity index (χ0n) is 13.4. The predicted octanol–water partition coefficient (Wildman–Crippen LogP) is 3.56. The fraction of sp³-hybridized carbons (Fsp3) is 0.105. The van der Waals surface area contributed by atoms with Gasteiger partial charge in [0.05, 0.1) is 17.5 Å². The highest BCUT2D eigenvalue weighted by atomic mass is 19.1. The third-order valence-electron chi connectivity index (χ3n) is 3.71. The van der Waals surface area contributed by atoms with Crippen molar-refractivity contribution in [1.29, 1.82) is 0 Å². The Morgan fingerprint density at radius 2 is 1.84 bits per heavy atom. The Labute approximate surface area is 143 Å². The highest BCUT2D eigenvalue weighted by Gasteiger charge is 2.13. The predicted molar refractivity (Wildman–Crippen MR) is 92.2 cm³/mol. The van der Waals surface area contributed by atoms with E-state index in [1.54, 1.807) is 37.3 Å². The molecule has 0 saturated carbocycles. The van der Waals surface area contributed by atoms with E-state index in [0.717, 1.165) is 0 Å². The van der Waals surface area contributed by atoms with E-state index in [-0.39, 0.29) is 12.3 Å². The van der Waals surface area contributed by atoms with E-state index in [9.17, 15) is 14.0 Å².